The van der Waals surface area contributed by atoms with E-state index in [0.29, 0.717) is 0 Å². The van der Waals surface area contributed by atoms with Gasteiger partial charge in [0, 0.05) is 5.71 Å². The highest BCUT2D eigenvalue weighted by atomic mass is 14.8. The summed E-state index contributed by atoms with van der Waals surface area (Å²) < 4.78 is 0. The molecule has 0 fully saturated rings. The third kappa shape index (κ3) is 2.19. The lowest BCUT2D eigenvalue weighted by Gasteiger charge is -2.13. The molecule has 0 aromatic carbocycles. The Morgan fingerprint density at radius 3 is 2.75 bits per heavy atom. The third-order valence-corrected chi connectivity index (χ3v) is 1.85. The van der Waals surface area contributed by atoms with Crippen LogP contribution in [0.4, 0.5) is 0 Å². The summed E-state index contributed by atoms with van der Waals surface area (Å²) in [6.45, 7) is 11.8. The highest BCUT2D eigenvalue weighted by Crippen LogP contribution is 2.22. The van der Waals surface area contributed by atoms with Crippen LogP contribution < -0.4 is 0 Å². The van der Waals surface area contributed by atoms with Crippen molar-refractivity contribution in [3.05, 3.63) is 36.1 Å². The first kappa shape index (κ1) is 8.98. The molecule has 0 radical (unpaired) electrons. The Morgan fingerprint density at radius 1 is 1.50 bits per heavy atom. The summed E-state index contributed by atoms with van der Waals surface area (Å²) >= 11 is 0. The zero-order valence-corrected chi connectivity index (χ0v) is 7.85. The second-order valence-corrected chi connectivity index (χ2v) is 3.33. The molecule has 1 aliphatic heterocycles. The predicted octanol–water partition coefficient (Wildman–Crippen LogP) is 3.26. The van der Waals surface area contributed by atoms with Crippen LogP contribution in [0.1, 0.15) is 26.7 Å². The summed E-state index contributed by atoms with van der Waals surface area (Å²) in [5.41, 5.74) is 4.36. The van der Waals surface area contributed by atoms with Crippen LogP contribution in [0, 0.1) is 0 Å². The monoisotopic (exact) mass is 161 g/mol. The molecule has 0 unspecified atom stereocenters. The number of nitrogens with zero attached hydrogens (tertiary/aromatic N) is 1. The summed E-state index contributed by atoms with van der Waals surface area (Å²) in [6, 6.07) is 0. The van der Waals surface area contributed by atoms with Crippen molar-refractivity contribution in [1.29, 1.82) is 0 Å². The molecule has 1 aliphatic rings. The molecule has 12 heavy (non-hydrogen) atoms. The lowest BCUT2D eigenvalue weighted by Crippen LogP contribution is -2.02. The minimum Gasteiger partial charge on any atom is -0.258 e. The van der Waals surface area contributed by atoms with Gasteiger partial charge in [-0.15, -0.1) is 0 Å². The van der Waals surface area contributed by atoms with Crippen molar-refractivity contribution in [2.75, 3.05) is 0 Å². The maximum Gasteiger partial charge on any atom is 0.0657 e. The minimum atomic E-state index is 1.01. The summed E-state index contributed by atoms with van der Waals surface area (Å²) in [5.74, 6) is 0. The summed E-state index contributed by atoms with van der Waals surface area (Å²) in [5, 5.41) is 0. The lowest BCUT2D eigenvalue weighted by molar-refractivity contribution is 0.967. The fourth-order valence-electron chi connectivity index (χ4n) is 1.17. The van der Waals surface area contributed by atoms with Gasteiger partial charge in [0.1, 0.15) is 0 Å². The molecular formula is C11H15N. The minimum absolute atomic E-state index is 1.01. The largest absolute Gasteiger partial charge is 0.258 e. The van der Waals surface area contributed by atoms with Crippen LogP contribution in [-0.2, 0) is 0 Å². The van der Waals surface area contributed by atoms with Gasteiger partial charge in [-0.25, -0.2) is 0 Å². The summed E-state index contributed by atoms with van der Waals surface area (Å²) in [4.78, 5) is 4.42. The molecule has 1 heterocycles. The summed E-state index contributed by atoms with van der Waals surface area (Å²) in [7, 11) is 0. The molecule has 1 rings (SSSR count). The normalized spacial score (nSPS) is 21.0. The van der Waals surface area contributed by atoms with Gasteiger partial charge in [0.2, 0.25) is 0 Å². The topological polar surface area (TPSA) is 12.4 Å². The molecule has 1 nitrogen and oxygen atoms in total. The molecule has 0 aromatic rings. The van der Waals surface area contributed by atoms with Crippen molar-refractivity contribution in [3.63, 3.8) is 0 Å². The molecule has 0 N–H and O–H groups in total. The van der Waals surface area contributed by atoms with Gasteiger partial charge in [-0.05, 0) is 38.3 Å². The Bertz CT molecular complexity index is 279. The van der Waals surface area contributed by atoms with E-state index in [9.17, 15) is 0 Å². The molecule has 0 aliphatic carbocycles. The van der Waals surface area contributed by atoms with E-state index < -0.39 is 0 Å². The van der Waals surface area contributed by atoms with Gasteiger partial charge in [-0.1, -0.05) is 18.7 Å². The molecule has 0 bridgehead atoms. The second kappa shape index (κ2) is 3.53. The van der Waals surface area contributed by atoms with Gasteiger partial charge >= 0.3 is 0 Å². The van der Waals surface area contributed by atoms with E-state index in [2.05, 4.69) is 25.1 Å². The molecular weight excluding hydrogens is 146 g/mol. The van der Waals surface area contributed by atoms with Crippen molar-refractivity contribution < 1.29 is 0 Å². The van der Waals surface area contributed by atoms with Gasteiger partial charge < -0.3 is 0 Å². The fraction of sp³-hybridized carbons (Fsp3) is 0.364. The maximum absolute atomic E-state index is 4.42. The highest BCUT2D eigenvalue weighted by Gasteiger charge is 2.08. The van der Waals surface area contributed by atoms with E-state index in [-0.39, 0.29) is 0 Å². The number of hydrogen-bond donors (Lipinski definition) is 0. The highest BCUT2D eigenvalue weighted by molar-refractivity contribution is 5.85. The van der Waals surface area contributed by atoms with E-state index in [4.69, 9.17) is 0 Å². The zero-order chi connectivity index (χ0) is 9.14. The molecule has 64 valence electrons. The van der Waals surface area contributed by atoms with Gasteiger partial charge in [-0.3, -0.25) is 4.99 Å². The number of hydrogen-bond acceptors (Lipinski definition) is 1. The van der Waals surface area contributed by atoms with Crippen molar-refractivity contribution in [2.45, 2.75) is 26.7 Å². The molecule has 0 saturated heterocycles. The van der Waals surface area contributed by atoms with Crippen LogP contribution >= 0.6 is 0 Å². The molecule has 0 spiro atoms. The number of rotatable bonds is 1. The first-order chi connectivity index (χ1) is 5.59. The molecule has 0 saturated carbocycles. The van der Waals surface area contributed by atoms with Crippen LogP contribution in [0.2, 0.25) is 0 Å². The van der Waals surface area contributed by atoms with Crippen molar-refractivity contribution in [1.82, 2.24) is 0 Å². The van der Waals surface area contributed by atoms with E-state index in [1.165, 1.54) is 5.71 Å². The smallest absolute Gasteiger partial charge is 0.0657 e. The van der Waals surface area contributed by atoms with Crippen LogP contribution in [0.3, 0.4) is 0 Å². The molecule has 0 amide bonds. The zero-order valence-electron chi connectivity index (χ0n) is 7.85. The first-order valence-corrected chi connectivity index (χ1v) is 4.19. The van der Waals surface area contributed by atoms with Crippen molar-refractivity contribution >= 4 is 5.71 Å². The Balaban J connectivity index is 2.94. The maximum atomic E-state index is 4.42. The Kier molecular flexibility index (Phi) is 2.64. The van der Waals surface area contributed by atoms with E-state index >= 15 is 0 Å². The van der Waals surface area contributed by atoms with Crippen LogP contribution in [-0.4, -0.2) is 5.71 Å². The number of allylic oxidation sites excluding steroid dienone is 3. The lowest BCUT2D eigenvalue weighted by atomic mass is 10.0. The first-order valence-electron chi connectivity index (χ1n) is 4.19. The predicted molar refractivity (Wildman–Crippen MR) is 54.4 cm³/mol. The SMILES string of the molecule is C=C(C)/C=C1/N=C(C)CCC1=C. The van der Waals surface area contributed by atoms with Crippen LogP contribution in [0.15, 0.2) is 41.1 Å². The fourth-order valence-corrected chi connectivity index (χ4v) is 1.17. The van der Waals surface area contributed by atoms with Gasteiger partial charge in [0.15, 0.2) is 0 Å². The average Bonchev–Trinajstić information content (AvgIpc) is 1.96. The van der Waals surface area contributed by atoms with Crippen LogP contribution in [0.25, 0.3) is 0 Å². The molecule has 0 aromatic heterocycles. The molecule has 1 heteroatoms. The quantitative estimate of drug-likeness (QED) is 0.559. The Hall–Kier alpha value is -1.11. The Labute approximate surface area is 74.2 Å². The van der Waals surface area contributed by atoms with Crippen LogP contribution in [0.5, 0.6) is 0 Å². The van der Waals surface area contributed by atoms with Gasteiger partial charge in [0.25, 0.3) is 0 Å². The average molecular weight is 161 g/mol. The molecule has 0 atom stereocenters. The number of aliphatic imine (C=N–C) groups is 1. The third-order valence-electron chi connectivity index (χ3n) is 1.85. The van der Waals surface area contributed by atoms with Crippen molar-refractivity contribution in [3.8, 4) is 0 Å². The van der Waals surface area contributed by atoms with E-state index in [1.54, 1.807) is 0 Å². The van der Waals surface area contributed by atoms with Gasteiger partial charge in [-0.2, -0.15) is 0 Å². The second-order valence-electron chi connectivity index (χ2n) is 3.33. The summed E-state index contributed by atoms with van der Waals surface area (Å²) in [6.07, 6.45) is 4.08. The van der Waals surface area contributed by atoms with Gasteiger partial charge in [0.05, 0.1) is 5.70 Å². The van der Waals surface area contributed by atoms with Crippen molar-refractivity contribution in [2.24, 2.45) is 4.99 Å². The van der Waals surface area contributed by atoms with E-state index in [0.717, 1.165) is 29.7 Å². The standard InChI is InChI=1S/C11H15N/c1-8(2)7-11-9(3)5-6-10(4)12-11/h7H,1,3,5-6H2,2,4H3/b11-7+. The van der Waals surface area contributed by atoms with E-state index in [1.807, 2.05) is 13.0 Å². The Morgan fingerprint density at radius 2 is 2.17 bits per heavy atom.